The summed E-state index contributed by atoms with van der Waals surface area (Å²) in [5.41, 5.74) is 5.44. The third-order valence-corrected chi connectivity index (χ3v) is 3.73. The predicted molar refractivity (Wildman–Crippen MR) is 83.1 cm³/mol. The highest BCUT2D eigenvalue weighted by molar-refractivity contribution is 4.76. The maximum Gasteiger partial charge on any atom is 0.0305 e. The van der Waals surface area contributed by atoms with Crippen LogP contribution in [0.5, 0.6) is 0 Å². The molecule has 4 N–H and O–H groups in total. The number of nitrogens with zero attached hydrogens (tertiary/aromatic N) is 3. The number of unbranched alkanes of at least 4 members (excludes halogenated alkanes) is 1. The zero-order chi connectivity index (χ0) is 14.0. The summed E-state index contributed by atoms with van der Waals surface area (Å²) < 4.78 is 0. The van der Waals surface area contributed by atoms with Crippen LogP contribution in [-0.2, 0) is 0 Å². The molecule has 0 aromatic heterocycles. The van der Waals surface area contributed by atoms with E-state index in [0.717, 1.165) is 39.1 Å². The Bertz CT molecular complexity index is 230. The molecule has 2 rings (SSSR count). The molecule has 20 heavy (non-hydrogen) atoms. The maximum atomic E-state index is 5.44. The van der Waals surface area contributed by atoms with E-state index in [1.807, 2.05) is 0 Å². The number of hydrogen-bond acceptors (Lipinski definition) is 6. The fourth-order valence-corrected chi connectivity index (χ4v) is 2.34. The van der Waals surface area contributed by atoms with Crippen molar-refractivity contribution in [2.45, 2.75) is 25.7 Å². The molecule has 0 radical (unpaired) electrons. The van der Waals surface area contributed by atoms with Crippen molar-refractivity contribution in [1.29, 1.82) is 0 Å². The van der Waals surface area contributed by atoms with Gasteiger partial charge in [0.15, 0.2) is 0 Å². The first-order chi connectivity index (χ1) is 9.92. The van der Waals surface area contributed by atoms with Gasteiger partial charge in [0.2, 0.25) is 0 Å². The molecule has 118 valence electrons. The van der Waals surface area contributed by atoms with Gasteiger partial charge in [-0.25, -0.2) is 10.0 Å². The van der Waals surface area contributed by atoms with Crippen LogP contribution in [-0.4, -0.2) is 80.6 Å². The van der Waals surface area contributed by atoms with Gasteiger partial charge >= 0.3 is 0 Å². The monoisotopic (exact) mass is 284 g/mol. The van der Waals surface area contributed by atoms with Crippen LogP contribution in [0.3, 0.4) is 0 Å². The lowest BCUT2D eigenvalue weighted by molar-refractivity contribution is -0.0521. The molecular formula is C14H32N6. The second-order valence-corrected chi connectivity index (χ2v) is 5.71. The van der Waals surface area contributed by atoms with Gasteiger partial charge in [-0.2, -0.15) is 5.12 Å². The molecule has 0 bridgehead atoms. The van der Waals surface area contributed by atoms with Crippen LogP contribution in [0.15, 0.2) is 0 Å². The fraction of sp³-hybridized carbons (Fsp3) is 1.00. The number of rotatable bonds is 14. The van der Waals surface area contributed by atoms with Crippen molar-refractivity contribution in [3.8, 4) is 0 Å². The first-order valence-corrected chi connectivity index (χ1v) is 8.30. The quantitative estimate of drug-likeness (QED) is 0.294. The van der Waals surface area contributed by atoms with Gasteiger partial charge in [0.1, 0.15) is 0 Å². The Morgan fingerprint density at radius 1 is 0.750 bits per heavy atom. The molecule has 0 saturated carbocycles. The molecule has 0 atom stereocenters. The highest BCUT2D eigenvalue weighted by Gasteiger charge is 2.34. The molecule has 2 aliphatic rings. The van der Waals surface area contributed by atoms with Crippen LogP contribution in [0.1, 0.15) is 25.7 Å². The van der Waals surface area contributed by atoms with Crippen molar-refractivity contribution in [3.63, 3.8) is 0 Å². The van der Waals surface area contributed by atoms with Gasteiger partial charge in [-0.1, -0.05) is 0 Å². The predicted octanol–water partition coefficient (Wildman–Crippen LogP) is -0.552. The molecule has 0 unspecified atom stereocenters. The zero-order valence-electron chi connectivity index (χ0n) is 12.8. The molecule has 6 nitrogen and oxygen atoms in total. The van der Waals surface area contributed by atoms with Gasteiger partial charge in [0.25, 0.3) is 0 Å². The van der Waals surface area contributed by atoms with E-state index in [4.69, 9.17) is 5.73 Å². The Hall–Kier alpha value is -0.240. The smallest absolute Gasteiger partial charge is 0.0305 e. The summed E-state index contributed by atoms with van der Waals surface area (Å²) >= 11 is 0. The Morgan fingerprint density at radius 2 is 1.25 bits per heavy atom. The molecule has 0 amide bonds. The Labute approximate surface area is 123 Å². The minimum absolute atomic E-state index is 0.792. The van der Waals surface area contributed by atoms with Crippen LogP contribution >= 0.6 is 0 Å². The normalized spacial score (nSPS) is 18.9. The zero-order valence-corrected chi connectivity index (χ0v) is 12.8. The summed E-state index contributed by atoms with van der Waals surface area (Å²) in [4.78, 5) is 0. The lowest BCUT2D eigenvalue weighted by Crippen LogP contribution is -2.37. The van der Waals surface area contributed by atoms with E-state index in [1.165, 1.54) is 52.0 Å². The SMILES string of the molecule is NCCCNCCCCNCCCN(N1CC1)N1CC1. The van der Waals surface area contributed by atoms with Crippen LogP contribution in [0.2, 0.25) is 0 Å². The Balaban J connectivity index is 1.31. The van der Waals surface area contributed by atoms with Crippen molar-refractivity contribution in [1.82, 2.24) is 25.8 Å². The largest absolute Gasteiger partial charge is 0.330 e. The number of nitrogens with two attached hydrogens (primary N) is 1. The minimum atomic E-state index is 0.792. The number of nitrogens with one attached hydrogen (secondary N) is 2. The topological polar surface area (TPSA) is 59.3 Å². The van der Waals surface area contributed by atoms with Crippen molar-refractivity contribution >= 4 is 0 Å². The van der Waals surface area contributed by atoms with E-state index in [-0.39, 0.29) is 0 Å². The Morgan fingerprint density at radius 3 is 1.75 bits per heavy atom. The van der Waals surface area contributed by atoms with E-state index in [1.54, 1.807) is 0 Å². The molecule has 0 aliphatic carbocycles. The van der Waals surface area contributed by atoms with Crippen LogP contribution < -0.4 is 16.4 Å². The molecule has 2 fully saturated rings. The second kappa shape index (κ2) is 9.65. The van der Waals surface area contributed by atoms with Gasteiger partial charge in [0, 0.05) is 32.7 Å². The van der Waals surface area contributed by atoms with E-state index < -0.39 is 0 Å². The van der Waals surface area contributed by atoms with Crippen molar-refractivity contribution in [2.75, 3.05) is 65.4 Å². The number of hydrazine groups is 2. The summed E-state index contributed by atoms with van der Waals surface area (Å²) in [6, 6.07) is 0. The molecule has 0 aromatic rings. The minimum Gasteiger partial charge on any atom is -0.330 e. The maximum absolute atomic E-state index is 5.44. The van der Waals surface area contributed by atoms with Gasteiger partial charge in [-0.3, -0.25) is 0 Å². The van der Waals surface area contributed by atoms with Gasteiger partial charge in [-0.15, -0.1) is 0 Å². The highest BCUT2D eigenvalue weighted by atomic mass is 15.9. The van der Waals surface area contributed by atoms with Crippen LogP contribution in [0, 0.1) is 0 Å². The third kappa shape index (κ3) is 6.97. The Kier molecular flexibility index (Phi) is 7.79. The van der Waals surface area contributed by atoms with Gasteiger partial charge in [0.05, 0.1) is 0 Å². The molecule has 6 heteroatoms. The third-order valence-electron chi connectivity index (χ3n) is 3.73. The van der Waals surface area contributed by atoms with Crippen LogP contribution in [0.25, 0.3) is 0 Å². The van der Waals surface area contributed by atoms with Crippen molar-refractivity contribution in [3.05, 3.63) is 0 Å². The van der Waals surface area contributed by atoms with Crippen molar-refractivity contribution < 1.29 is 0 Å². The van der Waals surface area contributed by atoms with E-state index in [0.29, 0.717) is 0 Å². The molecule has 2 heterocycles. The second-order valence-electron chi connectivity index (χ2n) is 5.71. The van der Waals surface area contributed by atoms with E-state index in [9.17, 15) is 0 Å². The van der Waals surface area contributed by atoms with E-state index in [2.05, 4.69) is 25.8 Å². The average Bonchev–Trinajstić information content (AvgIpc) is 3.33. The average molecular weight is 284 g/mol. The molecule has 0 spiro atoms. The van der Waals surface area contributed by atoms with Crippen LogP contribution in [0.4, 0.5) is 0 Å². The lowest BCUT2D eigenvalue weighted by atomic mass is 10.3. The first-order valence-electron chi connectivity index (χ1n) is 8.30. The summed E-state index contributed by atoms with van der Waals surface area (Å²) in [6.07, 6.45) is 4.84. The highest BCUT2D eigenvalue weighted by Crippen LogP contribution is 2.18. The van der Waals surface area contributed by atoms with E-state index >= 15 is 0 Å². The lowest BCUT2D eigenvalue weighted by Gasteiger charge is -2.23. The van der Waals surface area contributed by atoms with Gasteiger partial charge < -0.3 is 16.4 Å². The van der Waals surface area contributed by atoms with Crippen molar-refractivity contribution in [2.24, 2.45) is 5.73 Å². The number of hydrogen-bond donors (Lipinski definition) is 3. The van der Waals surface area contributed by atoms with Gasteiger partial charge in [-0.05, 0) is 58.4 Å². The molecule has 0 aromatic carbocycles. The molecular weight excluding hydrogens is 252 g/mol. The summed E-state index contributed by atoms with van der Waals surface area (Å²) in [6.45, 7) is 11.4. The fourth-order valence-electron chi connectivity index (χ4n) is 2.34. The summed E-state index contributed by atoms with van der Waals surface area (Å²) in [5, 5.41) is 14.3. The molecule has 2 saturated heterocycles. The summed E-state index contributed by atoms with van der Waals surface area (Å²) in [7, 11) is 0. The molecule has 2 aliphatic heterocycles. The standard InChI is InChI=1S/C14H32N6/c15-5-3-8-16-6-1-2-7-17-9-4-10-20(18-11-12-18)19-13-14-19/h16-17H,1-15H2. The summed E-state index contributed by atoms with van der Waals surface area (Å²) in [5.74, 6) is 0. The first kappa shape index (κ1) is 16.1.